The summed E-state index contributed by atoms with van der Waals surface area (Å²) in [5, 5.41) is 2.83. The first kappa shape index (κ1) is 16.6. The zero-order valence-corrected chi connectivity index (χ0v) is 14.6. The Labute approximate surface area is 139 Å². The average Bonchev–Trinajstić information content (AvgIpc) is 2.46. The third kappa shape index (κ3) is 4.60. The van der Waals surface area contributed by atoms with Gasteiger partial charge in [0.15, 0.2) is 6.61 Å². The Morgan fingerprint density at radius 1 is 1.09 bits per heavy atom. The molecule has 0 aliphatic carbocycles. The Morgan fingerprint density at radius 2 is 1.73 bits per heavy atom. The largest absolute Gasteiger partial charge is 0.483 e. The molecule has 0 aliphatic rings. The van der Waals surface area contributed by atoms with Crippen LogP contribution in [0.5, 0.6) is 5.75 Å². The third-order valence-electron chi connectivity index (χ3n) is 3.23. The summed E-state index contributed by atoms with van der Waals surface area (Å²) < 4.78 is 6.32. The van der Waals surface area contributed by atoms with E-state index >= 15 is 0 Å². The van der Waals surface area contributed by atoms with Crippen molar-refractivity contribution in [3.05, 3.63) is 58.6 Å². The van der Waals surface area contributed by atoms with E-state index in [9.17, 15) is 4.79 Å². The number of benzene rings is 2. The molecule has 0 bridgehead atoms. The normalized spacial score (nSPS) is 11.1. The number of rotatable bonds is 4. The van der Waals surface area contributed by atoms with Gasteiger partial charge in [-0.25, -0.2) is 0 Å². The van der Waals surface area contributed by atoms with Crippen LogP contribution in [0.15, 0.2) is 53.0 Å². The molecule has 0 aliphatic heterocycles. The van der Waals surface area contributed by atoms with Crippen LogP contribution < -0.4 is 10.1 Å². The zero-order valence-electron chi connectivity index (χ0n) is 13.0. The van der Waals surface area contributed by atoms with Gasteiger partial charge in [-0.15, -0.1) is 0 Å². The lowest BCUT2D eigenvalue weighted by molar-refractivity contribution is -0.118. The van der Waals surface area contributed by atoms with Gasteiger partial charge in [-0.05, 0) is 51.2 Å². The molecule has 4 heteroatoms. The number of nitrogens with one attached hydrogen (secondary N) is 1. The summed E-state index contributed by atoms with van der Waals surface area (Å²) in [6.45, 7) is 6.45. The predicted molar refractivity (Wildman–Crippen MR) is 93.4 cm³/mol. The average molecular weight is 362 g/mol. The molecule has 0 spiro atoms. The van der Waals surface area contributed by atoms with Crippen LogP contribution in [0, 0.1) is 0 Å². The standard InChI is InChI=1S/C18H20BrNO2/c1-18(2,3)13-8-10-14(11-9-13)20-17(21)12-22-16-7-5-4-6-15(16)19/h4-11H,12H2,1-3H3,(H,20,21). The van der Waals surface area contributed by atoms with Gasteiger partial charge in [0, 0.05) is 5.69 Å². The van der Waals surface area contributed by atoms with Crippen molar-refractivity contribution in [3.8, 4) is 5.75 Å². The van der Waals surface area contributed by atoms with E-state index in [0.29, 0.717) is 5.75 Å². The highest BCUT2D eigenvalue weighted by Gasteiger charge is 2.13. The van der Waals surface area contributed by atoms with Crippen LogP contribution >= 0.6 is 15.9 Å². The summed E-state index contributed by atoms with van der Waals surface area (Å²) in [6, 6.07) is 15.3. The molecule has 116 valence electrons. The van der Waals surface area contributed by atoms with Gasteiger partial charge in [-0.2, -0.15) is 0 Å². The Morgan fingerprint density at radius 3 is 2.32 bits per heavy atom. The topological polar surface area (TPSA) is 38.3 Å². The minimum absolute atomic E-state index is 0.0242. The summed E-state index contributed by atoms with van der Waals surface area (Å²) in [6.07, 6.45) is 0. The van der Waals surface area contributed by atoms with Crippen molar-refractivity contribution in [1.29, 1.82) is 0 Å². The first-order valence-corrected chi connectivity index (χ1v) is 7.93. The van der Waals surface area contributed by atoms with Gasteiger partial charge in [0.2, 0.25) is 0 Å². The van der Waals surface area contributed by atoms with Crippen LogP contribution in [0.3, 0.4) is 0 Å². The molecule has 2 aromatic carbocycles. The molecule has 22 heavy (non-hydrogen) atoms. The van der Waals surface area contributed by atoms with E-state index in [1.165, 1.54) is 5.56 Å². The molecule has 2 rings (SSSR count). The second kappa shape index (κ2) is 6.97. The van der Waals surface area contributed by atoms with Crippen LogP contribution in [-0.4, -0.2) is 12.5 Å². The highest BCUT2D eigenvalue weighted by molar-refractivity contribution is 9.10. The summed E-state index contributed by atoms with van der Waals surface area (Å²) in [7, 11) is 0. The highest BCUT2D eigenvalue weighted by Crippen LogP contribution is 2.24. The van der Waals surface area contributed by atoms with E-state index in [4.69, 9.17) is 4.74 Å². The number of anilines is 1. The van der Waals surface area contributed by atoms with Crippen LogP contribution in [0.4, 0.5) is 5.69 Å². The van der Waals surface area contributed by atoms with Crippen LogP contribution in [-0.2, 0) is 10.2 Å². The van der Waals surface area contributed by atoms with Gasteiger partial charge >= 0.3 is 0 Å². The first-order valence-electron chi connectivity index (χ1n) is 7.14. The number of amides is 1. The number of para-hydroxylation sites is 1. The minimum Gasteiger partial charge on any atom is -0.483 e. The van der Waals surface area contributed by atoms with Gasteiger partial charge < -0.3 is 10.1 Å². The van der Waals surface area contributed by atoms with Crippen LogP contribution in [0.1, 0.15) is 26.3 Å². The van der Waals surface area contributed by atoms with Gasteiger partial charge in [-0.1, -0.05) is 45.0 Å². The molecular weight excluding hydrogens is 342 g/mol. The van der Waals surface area contributed by atoms with E-state index in [2.05, 4.69) is 42.0 Å². The second-order valence-electron chi connectivity index (χ2n) is 6.09. The third-order valence-corrected chi connectivity index (χ3v) is 3.89. The molecule has 0 aromatic heterocycles. The van der Waals surface area contributed by atoms with Gasteiger partial charge in [0.1, 0.15) is 5.75 Å². The first-order chi connectivity index (χ1) is 10.4. The van der Waals surface area contributed by atoms with E-state index in [0.717, 1.165) is 10.2 Å². The van der Waals surface area contributed by atoms with Gasteiger partial charge in [0.05, 0.1) is 4.47 Å². The molecule has 0 saturated carbocycles. The molecule has 0 saturated heterocycles. The monoisotopic (exact) mass is 361 g/mol. The fraction of sp³-hybridized carbons (Fsp3) is 0.278. The maximum absolute atomic E-state index is 11.9. The molecular formula is C18H20BrNO2. The van der Waals surface area contributed by atoms with Crippen LogP contribution in [0.2, 0.25) is 0 Å². The molecule has 0 radical (unpaired) electrons. The molecule has 0 unspecified atom stereocenters. The number of hydrogen-bond donors (Lipinski definition) is 1. The van der Waals surface area contributed by atoms with Crippen molar-refractivity contribution in [2.24, 2.45) is 0 Å². The highest BCUT2D eigenvalue weighted by atomic mass is 79.9. The fourth-order valence-corrected chi connectivity index (χ4v) is 2.35. The summed E-state index contributed by atoms with van der Waals surface area (Å²) in [4.78, 5) is 11.9. The van der Waals surface area contributed by atoms with Crippen molar-refractivity contribution in [2.75, 3.05) is 11.9 Å². The fourth-order valence-electron chi connectivity index (χ4n) is 1.96. The van der Waals surface area contributed by atoms with Crippen molar-refractivity contribution < 1.29 is 9.53 Å². The van der Waals surface area contributed by atoms with Crippen molar-refractivity contribution in [2.45, 2.75) is 26.2 Å². The van der Waals surface area contributed by atoms with Gasteiger partial charge in [-0.3, -0.25) is 4.79 Å². The summed E-state index contributed by atoms with van der Waals surface area (Å²) in [5.41, 5.74) is 2.11. The molecule has 0 atom stereocenters. The quantitative estimate of drug-likeness (QED) is 0.851. The Kier molecular flexibility index (Phi) is 5.24. The number of halogens is 1. The number of carbonyl (C=O) groups excluding carboxylic acids is 1. The smallest absolute Gasteiger partial charge is 0.262 e. The molecule has 0 fully saturated rings. The Bertz CT molecular complexity index is 645. The molecule has 3 nitrogen and oxygen atoms in total. The SMILES string of the molecule is CC(C)(C)c1ccc(NC(=O)COc2ccccc2Br)cc1. The summed E-state index contributed by atoms with van der Waals surface area (Å²) >= 11 is 3.38. The zero-order chi connectivity index (χ0) is 16.2. The van der Waals surface area contributed by atoms with E-state index in [-0.39, 0.29) is 17.9 Å². The van der Waals surface area contributed by atoms with E-state index in [1.807, 2.05) is 48.5 Å². The Hall–Kier alpha value is -1.81. The van der Waals surface area contributed by atoms with Crippen molar-refractivity contribution in [1.82, 2.24) is 0 Å². The summed E-state index contributed by atoms with van der Waals surface area (Å²) in [5.74, 6) is 0.472. The molecule has 1 N–H and O–H groups in total. The Balaban J connectivity index is 1.91. The van der Waals surface area contributed by atoms with Crippen LogP contribution in [0.25, 0.3) is 0 Å². The lowest BCUT2D eigenvalue weighted by atomic mass is 9.87. The second-order valence-corrected chi connectivity index (χ2v) is 6.95. The van der Waals surface area contributed by atoms with E-state index < -0.39 is 0 Å². The minimum atomic E-state index is -0.181. The predicted octanol–water partition coefficient (Wildman–Crippen LogP) is 4.76. The number of ether oxygens (including phenoxy) is 1. The molecule has 0 heterocycles. The number of carbonyl (C=O) groups is 1. The maximum atomic E-state index is 11.9. The lowest BCUT2D eigenvalue weighted by Crippen LogP contribution is -2.20. The van der Waals surface area contributed by atoms with Gasteiger partial charge in [0.25, 0.3) is 5.91 Å². The molecule has 2 aromatic rings. The number of hydrogen-bond acceptors (Lipinski definition) is 2. The maximum Gasteiger partial charge on any atom is 0.262 e. The molecule has 1 amide bonds. The van der Waals surface area contributed by atoms with Crippen molar-refractivity contribution >= 4 is 27.5 Å². The lowest BCUT2D eigenvalue weighted by Gasteiger charge is -2.19. The van der Waals surface area contributed by atoms with Crippen molar-refractivity contribution in [3.63, 3.8) is 0 Å². The van der Waals surface area contributed by atoms with E-state index in [1.54, 1.807) is 0 Å².